The van der Waals surface area contributed by atoms with Gasteiger partial charge in [-0.2, -0.15) is 0 Å². The Kier molecular flexibility index (Phi) is 5.82. The van der Waals surface area contributed by atoms with E-state index < -0.39 is 5.66 Å². The van der Waals surface area contributed by atoms with Crippen LogP contribution in [0.2, 0.25) is 5.02 Å². The van der Waals surface area contributed by atoms with E-state index in [0.29, 0.717) is 35.7 Å². The molecule has 0 bridgehead atoms. The normalized spacial score (nSPS) is 20.5. The summed E-state index contributed by atoms with van der Waals surface area (Å²) >= 11 is 5.99. The van der Waals surface area contributed by atoms with Crippen LogP contribution in [0.15, 0.2) is 42.5 Å². The molecule has 7 nitrogen and oxygen atoms in total. The van der Waals surface area contributed by atoms with E-state index in [0.717, 1.165) is 5.56 Å². The summed E-state index contributed by atoms with van der Waals surface area (Å²) in [6.45, 7) is 0.497. The van der Waals surface area contributed by atoms with E-state index in [1.807, 2.05) is 0 Å². The lowest BCUT2D eigenvalue weighted by Gasteiger charge is -2.40. The summed E-state index contributed by atoms with van der Waals surface area (Å²) < 4.78 is 13.0. The number of nitrogens with zero attached hydrogens (tertiary/aromatic N) is 1. The summed E-state index contributed by atoms with van der Waals surface area (Å²) in [4.78, 5) is 39.1. The van der Waals surface area contributed by atoms with E-state index in [1.165, 1.54) is 17.0 Å². The zero-order valence-electron chi connectivity index (χ0n) is 16.7. The zero-order chi connectivity index (χ0) is 22.0. The van der Waals surface area contributed by atoms with Crippen molar-refractivity contribution < 1.29 is 18.8 Å². The van der Waals surface area contributed by atoms with E-state index in [4.69, 9.17) is 11.6 Å². The molecule has 2 aliphatic heterocycles. The number of hydrogen-bond donors (Lipinski definition) is 3. The summed E-state index contributed by atoms with van der Waals surface area (Å²) in [6, 6.07) is 10.9. The molecule has 162 valence electrons. The van der Waals surface area contributed by atoms with E-state index in [9.17, 15) is 18.8 Å². The summed E-state index contributed by atoms with van der Waals surface area (Å²) in [6.07, 6.45) is 1.06. The first-order valence-electron chi connectivity index (χ1n) is 10.0. The molecule has 3 N–H and O–H groups in total. The third kappa shape index (κ3) is 4.80. The molecule has 2 aliphatic rings. The van der Waals surface area contributed by atoms with Gasteiger partial charge < -0.3 is 20.9 Å². The molecule has 3 amide bonds. The predicted octanol–water partition coefficient (Wildman–Crippen LogP) is 2.66. The maximum Gasteiger partial charge on any atom is 0.255 e. The number of benzene rings is 2. The highest BCUT2D eigenvalue weighted by atomic mass is 35.5. The fourth-order valence-electron chi connectivity index (χ4n) is 3.89. The Balaban J connectivity index is 1.37. The van der Waals surface area contributed by atoms with Gasteiger partial charge in [0.2, 0.25) is 11.8 Å². The molecule has 1 spiro atoms. The number of halogens is 2. The van der Waals surface area contributed by atoms with Crippen LogP contribution in [0.5, 0.6) is 0 Å². The largest absolute Gasteiger partial charge is 0.362 e. The number of anilines is 1. The van der Waals surface area contributed by atoms with Gasteiger partial charge in [0, 0.05) is 36.6 Å². The van der Waals surface area contributed by atoms with Crippen molar-refractivity contribution in [1.82, 2.24) is 15.5 Å². The van der Waals surface area contributed by atoms with Gasteiger partial charge in [-0.05, 0) is 42.3 Å². The average Bonchev–Trinajstić information content (AvgIpc) is 2.88. The number of likely N-dealkylation sites (tertiary alicyclic amines) is 1. The Morgan fingerprint density at radius 2 is 1.90 bits per heavy atom. The Bertz CT molecular complexity index is 1030. The number of carbonyl (C=O) groups excluding carboxylic acids is 3. The Labute approximate surface area is 183 Å². The first-order valence-corrected chi connectivity index (χ1v) is 10.4. The van der Waals surface area contributed by atoms with E-state index in [2.05, 4.69) is 16.0 Å². The minimum Gasteiger partial charge on any atom is -0.362 e. The average molecular weight is 445 g/mol. The number of nitrogens with one attached hydrogen (secondary N) is 3. The van der Waals surface area contributed by atoms with Crippen molar-refractivity contribution >= 4 is 35.0 Å². The summed E-state index contributed by atoms with van der Waals surface area (Å²) in [7, 11) is 0. The van der Waals surface area contributed by atoms with Crippen LogP contribution in [0.3, 0.4) is 0 Å². The minimum absolute atomic E-state index is 0.0732. The minimum atomic E-state index is -0.757. The van der Waals surface area contributed by atoms with Crippen molar-refractivity contribution in [3.63, 3.8) is 0 Å². The standard InChI is InChI=1S/C22H22ClFN4O3/c23-15-3-6-18-17(11-15)21(31)27-22(26-18)8-7-20(30)28(10-9-22)13-19(29)25-12-14-1-4-16(24)5-2-14/h1-6,11,26H,7-10,12-13H2,(H,25,29)(H,27,31)/t22-/m1/s1. The molecule has 4 rings (SSSR count). The van der Waals surface area contributed by atoms with Crippen LogP contribution in [0, 0.1) is 5.82 Å². The second kappa shape index (κ2) is 8.55. The molecule has 2 heterocycles. The van der Waals surface area contributed by atoms with E-state index >= 15 is 0 Å². The molecule has 2 aromatic carbocycles. The van der Waals surface area contributed by atoms with Gasteiger partial charge in [-0.3, -0.25) is 14.4 Å². The highest BCUT2D eigenvalue weighted by Gasteiger charge is 2.40. The third-order valence-corrected chi connectivity index (χ3v) is 5.85. The number of rotatable bonds is 4. The molecular weight excluding hydrogens is 423 g/mol. The van der Waals surface area contributed by atoms with Crippen molar-refractivity contribution in [1.29, 1.82) is 0 Å². The molecule has 1 saturated heterocycles. The lowest BCUT2D eigenvalue weighted by Crippen LogP contribution is -2.58. The van der Waals surface area contributed by atoms with Gasteiger partial charge >= 0.3 is 0 Å². The van der Waals surface area contributed by atoms with Crippen LogP contribution in [-0.2, 0) is 16.1 Å². The van der Waals surface area contributed by atoms with Crippen LogP contribution in [0.4, 0.5) is 10.1 Å². The van der Waals surface area contributed by atoms with E-state index in [-0.39, 0.29) is 43.0 Å². The van der Waals surface area contributed by atoms with Crippen LogP contribution in [0.1, 0.15) is 35.2 Å². The predicted molar refractivity (Wildman–Crippen MR) is 114 cm³/mol. The van der Waals surface area contributed by atoms with Crippen molar-refractivity contribution in [2.24, 2.45) is 0 Å². The van der Waals surface area contributed by atoms with Crippen LogP contribution < -0.4 is 16.0 Å². The monoisotopic (exact) mass is 444 g/mol. The van der Waals surface area contributed by atoms with Gasteiger partial charge in [0.05, 0.1) is 12.1 Å². The smallest absolute Gasteiger partial charge is 0.255 e. The zero-order valence-corrected chi connectivity index (χ0v) is 17.5. The highest BCUT2D eigenvalue weighted by Crippen LogP contribution is 2.33. The van der Waals surface area contributed by atoms with Crippen molar-refractivity contribution in [2.45, 2.75) is 31.5 Å². The molecule has 0 saturated carbocycles. The molecule has 0 radical (unpaired) electrons. The second-order valence-corrected chi connectivity index (χ2v) is 8.26. The summed E-state index contributed by atoms with van der Waals surface area (Å²) in [5.74, 6) is -1.02. The molecule has 0 unspecified atom stereocenters. The lowest BCUT2D eigenvalue weighted by molar-refractivity contribution is -0.135. The third-order valence-electron chi connectivity index (χ3n) is 5.62. The summed E-state index contributed by atoms with van der Waals surface area (Å²) in [5.41, 5.74) is 1.15. The van der Waals surface area contributed by atoms with Crippen molar-refractivity contribution in [3.05, 3.63) is 64.4 Å². The SMILES string of the molecule is O=C(CN1CC[C@@]2(CCC1=O)NC(=O)c1cc(Cl)ccc1N2)NCc1ccc(F)cc1. The van der Waals surface area contributed by atoms with Crippen LogP contribution in [0.25, 0.3) is 0 Å². The number of carbonyl (C=O) groups is 3. The maximum atomic E-state index is 13.0. The Morgan fingerprint density at radius 1 is 1.13 bits per heavy atom. The molecule has 1 atom stereocenters. The molecule has 1 fully saturated rings. The fourth-order valence-corrected chi connectivity index (χ4v) is 4.06. The molecule has 0 aromatic heterocycles. The Morgan fingerprint density at radius 3 is 2.68 bits per heavy atom. The molecule has 31 heavy (non-hydrogen) atoms. The number of hydrogen-bond acceptors (Lipinski definition) is 4. The molecule has 0 aliphatic carbocycles. The lowest BCUT2D eigenvalue weighted by atomic mass is 9.95. The molecule has 9 heteroatoms. The Hall–Kier alpha value is -3.13. The van der Waals surface area contributed by atoms with Crippen LogP contribution in [-0.4, -0.2) is 41.4 Å². The van der Waals surface area contributed by atoms with Gasteiger partial charge in [-0.25, -0.2) is 4.39 Å². The van der Waals surface area contributed by atoms with Gasteiger partial charge in [-0.15, -0.1) is 0 Å². The van der Waals surface area contributed by atoms with Gasteiger partial charge in [0.25, 0.3) is 5.91 Å². The topological polar surface area (TPSA) is 90.5 Å². The van der Waals surface area contributed by atoms with Gasteiger partial charge in [-0.1, -0.05) is 23.7 Å². The van der Waals surface area contributed by atoms with Gasteiger partial charge in [0.15, 0.2) is 0 Å². The maximum absolute atomic E-state index is 13.0. The first-order chi connectivity index (χ1) is 14.8. The first kappa shape index (κ1) is 21.1. The number of fused-ring (bicyclic) bond motifs is 1. The van der Waals surface area contributed by atoms with Crippen molar-refractivity contribution in [3.8, 4) is 0 Å². The fraction of sp³-hybridized carbons (Fsp3) is 0.318. The molecule has 2 aromatic rings. The highest BCUT2D eigenvalue weighted by molar-refractivity contribution is 6.31. The second-order valence-electron chi connectivity index (χ2n) is 7.82. The summed E-state index contributed by atoms with van der Waals surface area (Å²) in [5, 5.41) is 9.56. The van der Waals surface area contributed by atoms with Gasteiger partial charge in [0.1, 0.15) is 11.5 Å². The van der Waals surface area contributed by atoms with Crippen LogP contribution >= 0.6 is 11.6 Å². The molecular formula is C22H22ClFN4O3. The quantitative estimate of drug-likeness (QED) is 0.676. The number of amides is 3. The van der Waals surface area contributed by atoms with E-state index in [1.54, 1.807) is 30.3 Å². The van der Waals surface area contributed by atoms with Crippen molar-refractivity contribution in [2.75, 3.05) is 18.4 Å².